The third-order valence-corrected chi connectivity index (χ3v) is 8.17. The van der Waals surface area contributed by atoms with E-state index < -0.39 is 22.6 Å². The fraction of sp³-hybridized carbons (Fsp3) is 0.520. The Hall–Kier alpha value is -2.49. The van der Waals surface area contributed by atoms with E-state index in [1.165, 1.54) is 28.6 Å². The van der Waals surface area contributed by atoms with Crippen molar-refractivity contribution in [1.82, 2.24) is 8.87 Å². The molecule has 2 aromatic rings. The van der Waals surface area contributed by atoms with Gasteiger partial charge in [0.05, 0.1) is 23.1 Å². The smallest absolute Gasteiger partial charge is 0.338 e. The number of sulfonamides is 1. The van der Waals surface area contributed by atoms with E-state index in [0.29, 0.717) is 25.3 Å². The predicted octanol–water partition coefficient (Wildman–Crippen LogP) is 3.92. The summed E-state index contributed by atoms with van der Waals surface area (Å²) in [5.74, 6) is -0.966. The van der Waals surface area contributed by atoms with E-state index in [-0.39, 0.29) is 22.3 Å². The molecule has 1 aromatic heterocycles. The molecule has 1 fully saturated rings. The van der Waals surface area contributed by atoms with Gasteiger partial charge in [-0.05, 0) is 63.9 Å². The molecule has 1 atom stereocenters. The molecule has 34 heavy (non-hydrogen) atoms. The first-order valence-electron chi connectivity index (χ1n) is 11.6. The molecule has 0 amide bonds. The molecule has 1 aliphatic rings. The van der Waals surface area contributed by atoms with Gasteiger partial charge in [0.15, 0.2) is 6.61 Å². The summed E-state index contributed by atoms with van der Waals surface area (Å²) in [4.78, 5) is 25.4. The molecule has 3 rings (SSSR count). The van der Waals surface area contributed by atoms with Crippen LogP contribution < -0.4 is 0 Å². The quantitative estimate of drug-likeness (QED) is 0.391. The zero-order valence-electron chi connectivity index (χ0n) is 20.4. The number of nitrogens with zero attached hydrogens (tertiary/aromatic N) is 2. The Balaban J connectivity index is 1.64. The average Bonchev–Trinajstić information content (AvgIpc) is 2.98. The highest BCUT2D eigenvalue weighted by Crippen LogP contribution is 2.23. The van der Waals surface area contributed by atoms with Crippen LogP contribution in [0.15, 0.2) is 35.2 Å². The van der Waals surface area contributed by atoms with Crippen molar-refractivity contribution in [2.45, 2.75) is 57.4 Å². The summed E-state index contributed by atoms with van der Waals surface area (Å²) in [6.45, 7) is 6.94. The minimum Gasteiger partial charge on any atom is -0.454 e. The molecule has 0 saturated carbocycles. The number of esters is 1. The van der Waals surface area contributed by atoms with Gasteiger partial charge in [-0.2, -0.15) is 4.31 Å². The highest BCUT2D eigenvalue weighted by molar-refractivity contribution is 7.89. The molecule has 9 heteroatoms. The van der Waals surface area contributed by atoms with E-state index >= 15 is 0 Å². The van der Waals surface area contributed by atoms with Crippen molar-refractivity contribution in [1.29, 1.82) is 0 Å². The van der Waals surface area contributed by atoms with Crippen LogP contribution in [0.5, 0.6) is 0 Å². The molecule has 0 spiro atoms. The summed E-state index contributed by atoms with van der Waals surface area (Å²) in [5, 5.41) is 0. The van der Waals surface area contributed by atoms with Gasteiger partial charge in [0, 0.05) is 37.2 Å². The van der Waals surface area contributed by atoms with Crippen molar-refractivity contribution in [3.05, 3.63) is 52.8 Å². The number of Topliss-reactive ketones (excluding diaryl/α,β-unsaturated/α-hetero) is 1. The van der Waals surface area contributed by atoms with Gasteiger partial charge in [-0.15, -0.1) is 0 Å². The number of aryl methyl sites for hydroxylation is 1. The molecule has 1 saturated heterocycles. The summed E-state index contributed by atoms with van der Waals surface area (Å²) < 4.78 is 39.8. The van der Waals surface area contributed by atoms with Crippen LogP contribution in [0.25, 0.3) is 0 Å². The van der Waals surface area contributed by atoms with Gasteiger partial charge in [-0.25, -0.2) is 13.2 Å². The second-order valence-corrected chi connectivity index (χ2v) is 10.7. The van der Waals surface area contributed by atoms with Crippen molar-refractivity contribution in [2.75, 3.05) is 33.4 Å². The van der Waals surface area contributed by atoms with Crippen molar-refractivity contribution < 1.29 is 27.5 Å². The normalized spacial score (nSPS) is 16.1. The molecule has 1 aromatic carbocycles. The SMILES string of the molecule is COCC(C)n1c(C)cc(C(=O)COC(=O)c2ccc(S(=O)(=O)N3CCCCCC3)cc2)c1C. The summed E-state index contributed by atoms with van der Waals surface area (Å²) >= 11 is 0. The zero-order valence-corrected chi connectivity index (χ0v) is 21.2. The molecule has 186 valence electrons. The third kappa shape index (κ3) is 5.76. The lowest BCUT2D eigenvalue weighted by Gasteiger charge is -2.20. The van der Waals surface area contributed by atoms with Gasteiger partial charge in [-0.3, -0.25) is 4.79 Å². The average molecular weight is 491 g/mol. The van der Waals surface area contributed by atoms with E-state index in [2.05, 4.69) is 0 Å². The highest BCUT2D eigenvalue weighted by atomic mass is 32.2. The first-order valence-corrected chi connectivity index (χ1v) is 13.1. The van der Waals surface area contributed by atoms with Crippen molar-refractivity contribution in [3.8, 4) is 0 Å². The van der Waals surface area contributed by atoms with Crippen LogP contribution in [0.2, 0.25) is 0 Å². The number of hydrogen-bond acceptors (Lipinski definition) is 6. The summed E-state index contributed by atoms with van der Waals surface area (Å²) in [6.07, 6.45) is 3.77. The molecule has 2 heterocycles. The van der Waals surface area contributed by atoms with E-state index in [0.717, 1.165) is 37.1 Å². The lowest BCUT2D eigenvalue weighted by Crippen LogP contribution is -2.31. The second-order valence-electron chi connectivity index (χ2n) is 8.80. The Kier molecular flexibility index (Phi) is 8.67. The third-order valence-electron chi connectivity index (χ3n) is 6.26. The Morgan fingerprint density at radius 2 is 1.65 bits per heavy atom. The maximum atomic E-state index is 12.9. The molecule has 0 bridgehead atoms. The molecule has 1 unspecified atom stereocenters. The van der Waals surface area contributed by atoms with Crippen LogP contribution in [0, 0.1) is 13.8 Å². The topological polar surface area (TPSA) is 94.9 Å². The molecule has 0 aliphatic carbocycles. The predicted molar refractivity (Wildman–Crippen MR) is 129 cm³/mol. The first kappa shape index (κ1) is 26.1. The van der Waals surface area contributed by atoms with Crippen LogP contribution in [-0.4, -0.2) is 62.5 Å². The fourth-order valence-corrected chi connectivity index (χ4v) is 6.06. The van der Waals surface area contributed by atoms with Crippen LogP contribution >= 0.6 is 0 Å². The van der Waals surface area contributed by atoms with Crippen molar-refractivity contribution >= 4 is 21.8 Å². The van der Waals surface area contributed by atoms with E-state index in [1.54, 1.807) is 13.2 Å². The van der Waals surface area contributed by atoms with Crippen LogP contribution in [0.3, 0.4) is 0 Å². The number of carbonyl (C=O) groups is 2. The maximum absolute atomic E-state index is 12.9. The van der Waals surface area contributed by atoms with Gasteiger partial charge in [-0.1, -0.05) is 12.8 Å². The number of ether oxygens (including phenoxy) is 2. The number of rotatable bonds is 9. The van der Waals surface area contributed by atoms with Gasteiger partial charge in [0.2, 0.25) is 15.8 Å². The Labute approximate surface area is 201 Å². The zero-order chi connectivity index (χ0) is 24.9. The van der Waals surface area contributed by atoms with Crippen molar-refractivity contribution in [3.63, 3.8) is 0 Å². The number of hydrogen-bond donors (Lipinski definition) is 0. The molecule has 0 radical (unpaired) electrons. The minimum atomic E-state index is -3.59. The minimum absolute atomic E-state index is 0.0678. The molecular formula is C25H34N2O6S. The molecular weight excluding hydrogens is 456 g/mol. The summed E-state index contributed by atoms with van der Waals surface area (Å²) in [7, 11) is -1.96. The van der Waals surface area contributed by atoms with Gasteiger partial charge in [0.1, 0.15) is 0 Å². The number of aromatic nitrogens is 1. The standard InChI is InChI=1S/C25H34N2O6S/c1-18-15-23(20(3)27(18)19(2)16-32-4)24(28)17-33-25(29)21-9-11-22(12-10-21)34(30,31)26-13-7-5-6-8-14-26/h9-12,15,19H,5-8,13-14,16-17H2,1-4H3. The molecule has 8 nitrogen and oxygen atoms in total. The monoisotopic (exact) mass is 490 g/mol. The van der Waals surface area contributed by atoms with Gasteiger partial charge >= 0.3 is 5.97 Å². The highest BCUT2D eigenvalue weighted by Gasteiger charge is 2.25. The number of methoxy groups -OCH3 is 1. The number of benzene rings is 1. The number of carbonyl (C=O) groups excluding carboxylic acids is 2. The maximum Gasteiger partial charge on any atom is 0.338 e. The van der Waals surface area contributed by atoms with Crippen LogP contribution in [-0.2, 0) is 19.5 Å². The van der Waals surface area contributed by atoms with E-state index in [4.69, 9.17) is 9.47 Å². The second kappa shape index (κ2) is 11.3. The Morgan fingerprint density at radius 1 is 1.03 bits per heavy atom. The van der Waals surface area contributed by atoms with E-state index in [9.17, 15) is 18.0 Å². The van der Waals surface area contributed by atoms with Crippen LogP contribution in [0.4, 0.5) is 0 Å². The Morgan fingerprint density at radius 3 is 2.24 bits per heavy atom. The van der Waals surface area contributed by atoms with E-state index in [1.807, 2.05) is 25.3 Å². The van der Waals surface area contributed by atoms with Crippen molar-refractivity contribution in [2.24, 2.45) is 0 Å². The number of ketones is 1. The lowest BCUT2D eigenvalue weighted by atomic mass is 10.1. The summed E-state index contributed by atoms with van der Waals surface area (Å²) in [6, 6.07) is 7.55. The van der Waals surface area contributed by atoms with Crippen LogP contribution in [0.1, 0.15) is 70.8 Å². The fourth-order valence-electron chi connectivity index (χ4n) is 4.54. The van der Waals surface area contributed by atoms with Gasteiger partial charge < -0.3 is 14.0 Å². The Bertz CT molecular complexity index is 1110. The molecule has 0 N–H and O–H groups in total. The van der Waals surface area contributed by atoms with Gasteiger partial charge in [0.25, 0.3) is 0 Å². The first-order chi connectivity index (χ1) is 16.2. The largest absolute Gasteiger partial charge is 0.454 e. The summed E-state index contributed by atoms with van der Waals surface area (Å²) in [5.41, 5.74) is 2.43. The molecule has 1 aliphatic heterocycles. The lowest BCUT2D eigenvalue weighted by molar-refractivity contribution is 0.0474.